The van der Waals surface area contributed by atoms with Crippen molar-refractivity contribution in [1.29, 1.82) is 5.26 Å². The van der Waals surface area contributed by atoms with Gasteiger partial charge in [0.1, 0.15) is 17.9 Å². The van der Waals surface area contributed by atoms with Gasteiger partial charge in [0.05, 0.1) is 12.0 Å². The van der Waals surface area contributed by atoms with E-state index < -0.39 is 22.0 Å². The molecule has 1 atom stereocenters. The van der Waals surface area contributed by atoms with E-state index >= 15 is 0 Å². The molecule has 0 bridgehead atoms. The molecule has 0 aliphatic rings. The molecule has 25 heavy (non-hydrogen) atoms. The third-order valence-electron chi connectivity index (χ3n) is 3.57. The summed E-state index contributed by atoms with van der Waals surface area (Å²) < 4.78 is 59.9. The Labute approximate surface area is 144 Å². The van der Waals surface area contributed by atoms with Gasteiger partial charge in [0.25, 0.3) is 0 Å². The fraction of sp³-hybridized carbons (Fsp3) is 0.235. The first-order valence-electron chi connectivity index (χ1n) is 7.21. The quantitative estimate of drug-likeness (QED) is 0.852. The molecule has 2 aromatic rings. The molecule has 5 nitrogen and oxygen atoms in total. The van der Waals surface area contributed by atoms with Crippen LogP contribution in [0, 0.1) is 18.3 Å². The minimum absolute atomic E-state index is 0.0527. The number of nitrogens with one attached hydrogen (secondary N) is 1. The van der Waals surface area contributed by atoms with Crippen LogP contribution in [0.25, 0.3) is 0 Å². The number of ether oxygens (including phenoxy) is 1. The highest BCUT2D eigenvalue weighted by molar-refractivity contribution is 7.89. The highest BCUT2D eigenvalue weighted by Crippen LogP contribution is 2.33. The van der Waals surface area contributed by atoms with Crippen molar-refractivity contribution < 1.29 is 21.9 Å². The molecule has 0 aliphatic carbocycles. The van der Waals surface area contributed by atoms with Gasteiger partial charge in [-0.05, 0) is 36.8 Å². The lowest BCUT2D eigenvalue weighted by atomic mass is 10.0. The Hall–Kier alpha value is -2.50. The highest BCUT2D eigenvalue weighted by atomic mass is 32.2. The lowest BCUT2D eigenvalue weighted by molar-refractivity contribution is 0.0280. The van der Waals surface area contributed by atoms with Gasteiger partial charge in [-0.2, -0.15) is 18.8 Å². The first-order valence-corrected chi connectivity index (χ1v) is 8.70. The molecule has 1 N–H and O–H groups in total. The summed E-state index contributed by atoms with van der Waals surface area (Å²) in [4.78, 5) is -0.162. The standard InChI is InChI=1S/C17H16F2N2O3S/c1-12-3-9-15(10-4-12)25(22,23)21-16(17(18,19)11-20)13-5-7-14(24-2)8-6-13/h3-10,16,21H,1-2H3. The van der Waals surface area contributed by atoms with Gasteiger partial charge < -0.3 is 4.74 Å². The largest absolute Gasteiger partial charge is 0.497 e. The van der Waals surface area contributed by atoms with Gasteiger partial charge in [-0.3, -0.25) is 0 Å². The molecule has 0 spiro atoms. The van der Waals surface area contributed by atoms with Crippen molar-refractivity contribution in [2.75, 3.05) is 7.11 Å². The van der Waals surface area contributed by atoms with Crippen LogP contribution in [0.3, 0.4) is 0 Å². The van der Waals surface area contributed by atoms with E-state index in [0.717, 1.165) is 11.6 Å². The molecule has 0 aromatic heterocycles. The van der Waals surface area contributed by atoms with E-state index in [4.69, 9.17) is 10.00 Å². The third-order valence-corrected chi connectivity index (χ3v) is 5.00. The predicted molar refractivity (Wildman–Crippen MR) is 87.8 cm³/mol. The van der Waals surface area contributed by atoms with Crippen LogP contribution in [0.2, 0.25) is 0 Å². The van der Waals surface area contributed by atoms with Crippen LogP contribution < -0.4 is 9.46 Å². The van der Waals surface area contributed by atoms with Crippen LogP contribution in [0.4, 0.5) is 8.78 Å². The lowest BCUT2D eigenvalue weighted by Gasteiger charge is -2.23. The monoisotopic (exact) mass is 366 g/mol. The maximum Gasteiger partial charge on any atom is 0.351 e. The van der Waals surface area contributed by atoms with Gasteiger partial charge in [-0.25, -0.2) is 8.42 Å². The zero-order chi connectivity index (χ0) is 18.7. The van der Waals surface area contributed by atoms with Gasteiger partial charge >= 0.3 is 5.92 Å². The second-order valence-electron chi connectivity index (χ2n) is 5.38. The van der Waals surface area contributed by atoms with Gasteiger partial charge in [-0.1, -0.05) is 29.8 Å². The van der Waals surface area contributed by atoms with E-state index in [1.54, 1.807) is 19.1 Å². The van der Waals surface area contributed by atoms with Crippen molar-refractivity contribution in [1.82, 2.24) is 4.72 Å². The van der Waals surface area contributed by atoms with Crippen molar-refractivity contribution >= 4 is 10.0 Å². The zero-order valence-corrected chi connectivity index (χ0v) is 14.3. The second kappa shape index (κ2) is 7.17. The summed E-state index contributed by atoms with van der Waals surface area (Å²) in [5.74, 6) is -3.52. The van der Waals surface area contributed by atoms with Gasteiger partial charge in [-0.15, -0.1) is 0 Å². The third kappa shape index (κ3) is 4.32. The summed E-state index contributed by atoms with van der Waals surface area (Å²) >= 11 is 0. The Bertz CT molecular complexity index is 874. The van der Waals surface area contributed by atoms with Gasteiger partial charge in [0, 0.05) is 0 Å². The summed E-state index contributed by atoms with van der Waals surface area (Å²) in [7, 11) is -2.83. The molecule has 0 heterocycles. The lowest BCUT2D eigenvalue weighted by Crippen LogP contribution is -2.39. The van der Waals surface area contributed by atoms with Crippen LogP contribution in [0.1, 0.15) is 17.2 Å². The molecule has 0 saturated heterocycles. The summed E-state index contributed by atoms with van der Waals surface area (Å²) in [6.07, 6.45) is 0. The average Bonchev–Trinajstić information content (AvgIpc) is 2.60. The normalized spacial score (nSPS) is 13.1. The minimum Gasteiger partial charge on any atom is -0.497 e. The van der Waals surface area contributed by atoms with Crippen LogP contribution in [0.5, 0.6) is 5.75 Å². The van der Waals surface area contributed by atoms with Gasteiger partial charge in [0.2, 0.25) is 10.0 Å². The molecule has 2 rings (SSSR count). The molecule has 0 fully saturated rings. The highest BCUT2D eigenvalue weighted by Gasteiger charge is 2.43. The summed E-state index contributed by atoms with van der Waals surface area (Å²) in [6.45, 7) is 1.77. The second-order valence-corrected chi connectivity index (χ2v) is 7.09. The number of aryl methyl sites for hydroxylation is 1. The predicted octanol–water partition coefficient (Wildman–Crippen LogP) is 3.18. The number of nitriles is 1. The van der Waals surface area contributed by atoms with E-state index in [9.17, 15) is 17.2 Å². The van der Waals surface area contributed by atoms with Crippen LogP contribution in [-0.4, -0.2) is 21.5 Å². The molecule has 0 saturated carbocycles. The molecule has 0 amide bonds. The molecule has 2 aromatic carbocycles. The Morgan fingerprint density at radius 3 is 2.16 bits per heavy atom. The minimum atomic E-state index is -4.25. The Balaban J connectivity index is 2.42. The summed E-state index contributed by atoms with van der Waals surface area (Å²) in [6, 6.07) is 9.96. The van der Waals surface area contributed by atoms with Crippen molar-refractivity contribution in [3.63, 3.8) is 0 Å². The number of hydrogen-bond acceptors (Lipinski definition) is 4. The molecular formula is C17H16F2N2O3S. The van der Waals surface area contributed by atoms with Gasteiger partial charge in [0.15, 0.2) is 0 Å². The van der Waals surface area contributed by atoms with Crippen molar-refractivity contribution in [2.45, 2.75) is 23.8 Å². The summed E-state index contributed by atoms with van der Waals surface area (Å²) in [5.41, 5.74) is 0.774. The number of sulfonamides is 1. The number of alkyl halides is 2. The molecule has 0 radical (unpaired) electrons. The Morgan fingerprint density at radius 2 is 1.68 bits per heavy atom. The fourth-order valence-corrected chi connectivity index (χ4v) is 3.38. The van der Waals surface area contributed by atoms with Crippen molar-refractivity contribution in [3.05, 3.63) is 59.7 Å². The molecular weight excluding hydrogens is 350 g/mol. The van der Waals surface area contributed by atoms with Crippen LogP contribution >= 0.6 is 0 Å². The van der Waals surface area contributed by atoms with E-state index in [1.807, 2.05) is 4.72 Å². The number of rotatable bonds is 6. The topological polar surface area (TPSA) is 79.2 Å². The zero-order valence-electron chi connectivity index (χ0n) is 13.5. The molecule has 1 unspecified atom stereocenters. The van der Waals surface area contributed by atoms with Crippen molar-refractivity contribution in [3.8, 4) is 11.8 Å². The number of hydrogen-bond donors (Lipinski definition) is 1. The SMILES string of the molecule is COc1ccc(C(NS(=O)(=O)c2ccc(C)cc2)C(F)(F)C#N)cc1. The molecule has 8 heteroatoms. The van der Waals surface area contributed by atoms with E-state index in [-0.39, 0.29) is 10.5 Å². The molecule has 0 aliphatic heterocycles. The van der Waals surface area contributed by atoms with Crippen LogP contribution in [-0.2, 0) is 10.0 Å². The maximum atomic E-state index is 14.1. The Kier molecular flexibility index (Phi) is 5.40. The molecule has 132 valence electrons. The number of benzene rings is 2. The van der Waals surface area contributed by atoms with Crippen molar-refractivity contribution in [2.24, 2.45) is 0 Å². The van der Waals surface area contributed by atoms with E-state index in [1.165, 1.54) is 43.5 Å². The first kappa shape index (κ1) is 18.8. The average molecular weight is 366 g/mol. The fourth-order valence-electron chi connectivity index (χ4n) is 2.15. The number of methoxy groups -OCH3 is 1. The summed E-state index contributed by atoms with van der Waals surface area (Å²) in [5, 5.41) is 8.77. The van der Waals surface area contributed by atoms with Crippen LogP contribution in [0.15, 0.2) is 53.4 Å². The van der Waals surface area contributed by atoms with E-state index in [2.05, 4.69) is 0 Å². The Morgan fingerprint density at radius 1 is 1.12 bits per heavy atom. The van der Waals surface area contributed by atoms with E-state index in [0.29, 0.717) is 5.75 Å². The number of nitrogens with zero attached hydrogens (tertiary/aromatic N) is 1. The number of halogens is 2. The maximum absolute atomic E-state index is 14.1. The smallest absolute Gasteiger partial charge is 0.351 e. The first-order chi connectivity index (χ1) is 11.7.